The maximum Gasteiger partial charge on any atom is 0.416 e. The monoisotopic (exact) mass is 390 g/mol. The molecule has 1 heterocycles. The summed E-state index contributed by atoms with van der Waals surface area (Å²) >= 11 is 0. The van der Waals surface area contributed by atoms with Gasteiger partial charge in [-0.2, -0.15) is 17.9 Å². The first-order chi connectivity index (χ1) is 13.1. The number of aromatic nitrogens is 4. The highest BCUT2D eigenvalue weighted by molar-refractivity contribution is 5.88. The van der Waals surface area contributed by atoms with Crippen molar-refractivity contribution in [3.05, 3.63) is 70.5 Å². The molecule has 1 N–H and O–H groups in total. The van der Waals surface area contributed by atoms with E-state index in [0.717, 1.165) is 12.1 Å². The van der Waals surface area contributed by atoms with Gasteiger partial charge < -0.3 is 5.11 Å². The fourth-order valence-corrected chi connectivity index (χ4v) is 2.81. The van der Waals surface area contributed by atoms with E-state index in [1.54, 1.807) is 6.07 Å². The van der Waals surface area contributed by atoms with Crippen LogP contribution in [0.2, 0.25) is 0 Å². The molecule has 6 nitrogen and oxygen atoms in total. The minimum atomic E-state index is -4.40. The Bertz CT molecular complexity index is 995. The van der Waals surface area contributed by atoms with E-state index >= 15 is 0 Å². The fraction of sp³-hybridized carbons (Fsp3) is 0.263. The van der Waals surface area contributed by atoms with Gasteiger partial charge in [0.05, 0.1) is 16.8 Å². The van der Waals surface area contributed by atoms with E-state index in [4.69, 9.17) is 0 Å². The van der Waals surface area contributed by atoms with Crippen molar-refractivity contribution in [2.45, 2.75) is 32.4 Å². The zero-order valence-electron chi connectivity index (χ0n) is 15.1. The van der Waals surface area contributed by atoms with Gasteiger partial charge in [0.25, 0.3) is 0 Å². The van der Waals surface area contributed by atoms with Crippen LogP contribution in [0, 0.1) is 0 Å². The molecule has 3 rings (SSSR count). The number of rotatable bonds is 5. The van der Waals surface area contributed by atoms with Gasteiger partial charge in [0.2, 0.25) is 0 Å². The molecule has 1 aromatic heterocycles. The summed E-state index contributed by atoms with van der Waals surface area (Å²) in [6.07, 6.45) is -4.13. The highest BCUT2D eigenvalue weighted by Crippen LogP contribution is 2.29. The fourth-order valence-electron chi connectivity index (χ4n) is 2.81. The molecule has 9 heteroatoms. The number of hydrogen-bond acceptors (Lipinski definition) is 4. The molecule has 0 saturated carbocycles. The van der Waals surface area contributed by atoms with Crippen molar-refractivity contribution in [3.8, 4) is 5.69 Å². The van der Waals surface area contributed by atoms with Crippen molar-refractivity contribution < 1.29 is 23.1 Å². The number of halogens is 3. The largest absolute Gasteiger partial charge is 0.478 e. The third-order valence-electron chi connectivity index (χ3n) is 4.17. The number of aromatic carboxylic acids is 1. The normalized spacial score (nSPS) is 11.8. The van der Waals surface area contributed by atoms with E-state index in [2.05, 4.69) is 15.5 Å². The second-order valence-electron chi connectivity index (χ2n) is 6.67. The van der Waals surface area contributed by atoms with Gasteiger partial charge in [-0.3, -0.25) is 0 Å². The van der Waals surface area contributed by atoms with Crippen LogP contribution in [0.15, 0.2) is 42.5 Å². The first-order valence-electron chi connectivity index (χ1n) is 8.47. The number of tetrazole rings is 1. The lowest BCUT2D eigenvalue weighted by atomic mass is 10.0. The van der Waals surface area contributed by atoms with Crippen molar-refractivity contribution in [1.82, 2.24) is 20.2 Å². The Balaban J connectivity index is 1.98. The number of carboxylic acids is 1. The molecule has 0 aliphatic carbocycles. The first-order valence-corrected chi connectivity index (χ1v) is 8.47. The van der Waals surface area contributed by atoms with Gasteiger partial charge in [-0.15, -0.1) is 5.10 Å². The second kappa shape index (κ2) is 7.41. The van der Waals surface area contributed by atoms with Crippen LogP contribution in [0.3, 0.4) is 0 Å². The van der Waals surface area contributed by atoms with Crippen LogP contribution >= 0.6 is 0 Å². The molecule has 0 aliphatic heterocycles. The minimum Gasteiger partial charge on any atom is -0.478 e. The van der Waals surface area contributed by atoms with E-state index in [1.165, 1.54) is 28.9 Å². The standard InChI is InChI=1S/C19H17F3N4O2/c1-11(2)17-23-24-25-26(17)16-9-13(8-14(10-16)18(27)28)7-12-3-5-15(6-4-12)19(20,21)22/h3-6,8-11H,7H2,1-2H3,(H,27,28). The van der Waals surface area contributed by atoms with Crippen molar-refractivity contribution in [2.24, 2.45) is 0 Å². The number of carboxylic acid groups (broad SMARTS) is 1. The van der Waals surface area contributed by atoms with Gasteiger partial charge >= 0.3 is 12.1 Å². The summed E-state index contributed by atoms with van der Waals surface area (Å²) < 4.78 is 39.6. The van der Waals surface area contributed by atoms with Crippen molar-refractivity contribution in [1.29, 1.82) is 0 Å². The summed E-state index contributed by atoms with van der Waals surface area (Å²) in [5.74, 6) is -0.528. The van der Waals surface area contributed by atoms with Crippen LogP contribution in [0.5, 0.6) is 0 Å². The first kappa shape index (κ1) is 19.5. The van der Waals surface area contributed by atoms with Crippen LogP contribution < -0.4 is 0 Å². The van der Waals surface area contributed by atoms with Crippen LogP contribution in [0.4, 0.5) is 13.2 Å². The van der Waals surface area contributed by atoms with Crippen LogP contribution in [-0.2, 0) is 12.6 Å². The highest BCUT2D eigenvalue weighted by atomic mass is 19.4. The Morgan fingerprint density at radius 1 is 1.11 bits per heavy atom. The number of carbonyl (C=O) groups is 1. The predicted molar refractivity (Wildman–Crippen MR) is 94.5 cm³/mol. The molecule has 0 atom stereocenters. The summed E-state index contributed by atoms with van der Waals surface area (Å²) in [5.41, 5.74) is 1.05. The zero-order valence-corrected chi connectivity index (χ0v) is 15.1. The Morgan fingerprint density at radius 2 is 1.79 bits per heavy atom. The molecule has 0 amide bonds. The summed E-state index contributed by atoms with van der Waals surface area (Å²) in [6.45, 7) is 3.82. The van der Waals surface area contributed by atoms with E-state index in [-0.39, 0.29) is 17.9 Å². The molecule has 0 saturated heterocycles. The van der Waals surface area contributed by atoms with Crippen molar-refractivity contribution in [3.63, 3.8) is 0 Å². The average molecular weight is 390 g/mol. The van der Waals surface area contributed by atoms with E-state index < -0.39 is 17.7 Å². The average Bonchev–Trinajstić information content (AvgIpc) is 3.11. The Hall–Kier alpha value is -3.23. The lowest BCUT2D eigenvalue weighted by Gasteiger charge is -2.11. The van der Waals surface area contributed by atoms with Gasteiger partial charge in [0.15, 0.2) is 5.82 Å². The summed E-state index contributed by atoms with van der Waals surface area (Å²) in [7, 11) is 0. The Kier molecular flexibility index (Phi) is 5.17. The quantitative estimate of drug-likeness (QED) is 0.710. The Morgan fingerprint density at radius 3 is 2.36 bits per heavy atom. The molecule has 0 fully saturated rings. The molecule has 0 bridgehead atoms. The van der Waals surface area contributed by atoms with Crippen molar-refractivity contribution >= 4 is 5.97 Å². The van der Waals surface area contributed by atoms with Crippen LogP contribution in [0.1, 0.15) is 52.6 Å². The zero-order chi connectivity index (χ0) is 20.5. The molecule has 3 aromatic rings. The van der Waals surface area contributed by atoms with Gasteiger partial charge in [-0.05, 0) is 58.3 Å². The molecule has 28 heavy (non-hydrogen) atoms. The third-order valence-corrected chi connectivity index (χ3v) is 4.17. The van der Waals surface area contributed by atoms with Gasteiger partial charge in [0, 0.05) is 5.92 Å². The van der Waals surface area contributed by atoms with Gasteiger partial charge in [-0.1, -0.05) is 26.0 Å². The molecule has 0 spiro atoms. The predicted octanol–water partition coefficient (Wildman–Crippen LogP) is 4.09. The minimum absolute atomic E-state index is 0.0156. The lowest BCUT2D eigenvalue weighted by Crippen LogP contribution is -2.08. The van der Waals surface area contributed by atoms with Crippen LogP contribution in [-0.4, -0.2) is 31.3 Å². The van der Waals surface area contributed by atoms with Gasteiger partial charge in [-0.25, -0.2) is 4.79 Å². The third kappa shape index (κ3) is 4.19. The number of alkyl halides is 3. The van der Waals surface area contributed by atoms with E-state index in [1.807, 2.05) is 13.8 Å². The number of benzene rings is 2. The smallest absolute Gasteiger partial charge is 0.416 e. The number of hydrogen-bond donors (Lipinski definition) is 1. The molecule has 2 aromatic carbocycles. The second-order valence-corrected chi connectivity index (χ2v) is 6.67. The summed E-state index contributed by atoms with van der Waals surface area (Å²) in [6, 6.07) is 9.46. The molecular formula is C19H17F3N4O2. The molecular weight excluding hydrogens is 373 g/mol. The Labute approximate surface area is 158 Å². The number of nitrogens with zero attached hydrogens (tertiary/aromatic N) is 4. The van der Waals surface area contributed by atoms with Crippen LogP contribution in [0.25, 0.3) is 5.69 Å². The summed E-state index contributed by atoms with van der Waals surface area (Å²) in [5, 5.41) is 21.0. The molecule has 0 radical (unpaired) electrons. The van der Waals surface area contributed by atoms with Crippen molar-refractivity contribution in [2.75, 3.05) is 0 Å². The maximum absolute atomic E-state index is 12.7. The van der Waals surface area contributed by atoms with E-state index in [9.17, 15) is 23.1 Å². The molecule has 146 valence electrons. The van der Waals surface area contributed by atoms with Gasteiger partial charge in [0.1, 0.15) is 0 Å². The van der Waals surface area contributed by atoms with E-state index in [0.29, 0.717) is 22.6 Å². The lowest BCUT2D eigenvalue weighted by molar-refractivity contribution is -0.137. The molecule has 0 unspecified atom stereocenters. The highest BCUT2D eigenvalue weighted by Gasteiger charge is 2.29. The maximum atomic E-state index is 12.7. The molecule has 0 aliphatic rings. The summed E-state index contributed by atoms with van der Waals surface area (Å²) in [4.78, 5) is 11.5. The SMILES string of the molecule is CC(C)c1nnnn1-c1cc(Cc2ccc(C(F)(F)F)cc2)cc(C(=O)O)c1. The topological polar surface area (TPSA) is 80.9 Å².